The summed E-state index contributed by atoms with van der Waals surface area (Å²) in [7, 11) is -3.00. The summed E-state index contributed by atoms with van der Waals surface area (Å²) >= 11 is 3.28. The van der Waals surface area contributed by atoms with Crippen molar-refractivity contribution in [3.05, 3.63) is 44.5 Å². The Morgan fingerprint density at radius 2 is 2.00 bits per heavy atom. The third kappa shape index (κ3) is 4.73. The van der Waals surface area contributed by atoms with Gasteiger partial charge in [-0.1, -0.05) is 0 Å². The van der Waals surface area contributed by atoms with Crippen LogP contribution in [0.4, 0.5) is 23.1 Å². The highest BCUT2D eigenvalue weighted by molar-refractivity contribution is 9.10. The van der Waals surface area contributed by atoms with Gasteiger partial charge in [0.15, 0.2) is 0 Å². The second-order valence-electron chi connectivity index (χ2n) is 6.18. The molecule has 1 saturated heterocycles. The van der Waals surface area contributed by atoms with E-state index in [0.29, 0.717) is 34.5 Å². The van der Waals surface area contributed by atoms with Gasteiger partial charge in [0.2, 0.25) is 5.82 Å². The lowest BCUT2D eigenvalue weighted by molar-refractivity contribution is -0.384. The first-order chi connectivity index (χ1) is 13.3. The number of hydrogen-bond acceptors (Lipinski definition) is 9. The maximum absolute atomic E-state index is 11.6. The molecule has 1 aliphatic heterocycles. The molecule has 1 aliphatic rings. The van der Waals surface area contributed by atoms with Gasteiger partial charge in [0.1, 0.15) is 27.5 Å². The summed E-state index contributed by atoms with van der Waals surface area (Å²) in [5.41, 5.74) is 0.105. The fourth-order valence-corrected chi connectivity index (χ4v) is 4.61. The molecule has 0 aromatic carbocycles. The van der Waals surface area contributed by atoms with Crippen LogP contribution in [-0.2, 0) is 9.84 Å². The molecular weight excluding hydrogens is 452 g/mol. The van der Waals surface area contributed by atoms with Crippen LogP contribution in [-0.4, -0.2) is 40.9 Å². The number of sulfone groups is 1. The topological polar surface area (TPSA) is 151 Å². The first-order valence-corrected chi connectivity index (χ1v) is 10.8. The van der Waals surface area contributed by atoms with Gasteiger partial charge in [0.05, 0.1) is 26.5 Å². The zero-order valence-corrected chi connectivity index (χ0v) is 16.8. The van der Waals surface area contributed by atoms with Crippen LogP contribution in [0.15, 0.2) is 28.9 Å². The average Bonchev–Trinajstić information content (AvgIpc) is 2.66. The summed E-state index contributed by atoms with van der Waals surface area (Å²) in [6.45, 7) is 0. The third-order valence-corrected chi connectivity index (χ3v) is 6.51. The van der Waals surface area contributed by atoms with Gasteiger partial charge in [-0.15, -0.1) is 0 Å². The van der Waals surface area contributed by atoms with Crippen molar-refractivity contribution in [3.63, 3.8) is 0 Å². The number of aromatic nitrogens is 2. The Balaban J connectivity index is 1.86. The fourth-order valence-electron chi connectivity index (χ4n) is 2.69. The zero-order valence-electron chi connectivity index (χ0n) is 14.4. The van der Waals surface area contributed by atoms with E-state index in [4.69, 9.17) is 5.26 Å². The monoisotopic (exact) mass is 466 g/mol. The van der Waals surface area contributed by atoms with Crippen molar-refractivity contribution in [1.29, 1.82) is 5.26 Å². The Labute approximate surface area is 169 Å². The van der Waals surface area contributed by atoms with Crippen LogP contribution in [0, 0.1) is 21.4 Å². The van der Waals surface area contributed by atoms with Crippen LogP contribution in [0.25, 0.3) is 0 Å². The highest BCUT2D eigenvalue weighted by Gasteiger charge is 2.26. The van der Waals surface area contributed by atoms with E-state index in [9.17, 15) is 18.5 Å². The van der Waals surface area contributed by atoms with Crippen LogP contribution in [0.5, 0.6) is 0 Å². The highest BCUT2D eigenvalue weighted by Crippen LogP contribution is 2.33. The van der Waals surface area contributed by atoms with Gasteiger partial charge in [0.25, 0.3) is 0 Å². The van der Waals surface area contributed by atoms with Gasteiger partial charge in [-0.25, -0.2) is 18.4 Å². The van der Waals surface area contributed by atoms with Gasteiger partial charge in [-0.3, -0.25) is 10.1 Å². The van der Waals surface area contributed by atoms with Crippen molar-refractivity contribution in [2.45, 2.75) is 18.9 Å². The predicted molar refractivity (Wildman–Crippen MR) is 106 cm³/mol. The Morgan fingerprint density at radius 3 is 2.57 bits per heavy atom. The number of nitriles is 1. The van der Waals surface area contributed by atoms with E-state index in [-0.39, 0.29) is 29.1 Å². The van der Waals surface area contributed by atoms with Crippen LogP contribution in [0.2, 0.25) is 0 Å². The summed E-state index contributed by atoms with van der Waals surface area (Å²) < 4.78 is 23.5. The molecule has 0 saturated carbocycles. The Hall–Kier alpha value is -2.78. The predicted octanol–water partition coefficient (Wildman–Crippen LogP) is 2.75. The van der Waals surface area contributed by atoms with Crippen LogP contribution < -0.4 is 10.6 Å². The molecule has 3 rings (SSSR count). The van der Waals surface area contributed by atoms with Gasteiger partial charge in [-0.05, 0) is 40.9 Å². The highest BCUT2D eigenvalue weighted by atomic mass is 79.9. The molecule has 2 N–H and O–H groups in total. The maximum atomic E-state index is 11.6. The van der Waals surface area contributed by atoms with Crippen LogP contribution in [0.1, 0.15) is 18.4 Å². The SMILES string of the molecule is N#Cc1ccc(Nc2nc(NC3CCS(=O)(=O)CC3)c(Br)cc2[N+](=O)[O-])nc1. The number of pyridine rings is 2. The van der Waals surface area contributed by atoms with Gasteiger partial charge in [0, 0.05) is 18.3 Å². The molecule has 12 heteroatoms. The first-order valence-electron chi connectivity index (χ1n) is 8.22. The zero-order chi connectivity index (χ0) is 20.3. The summed E-state index contributed by atoms with van der Waals surface area (Å²) in [6, 6.07) is 6.21. The van der Waals surface area contributed by atoms with Gasteiger partial charge in [-0.2, -0.15) is 5.26 Å². The number of nitro groups is 1. The minimum atomic E-state index is -3.00. The number of rotatable bonds is 5. The number of halogens is 1. The first kappa shape index (κ1) is 20.0. The molecule has 3 heterocycles. The van der Waals surface area contributed by atoms with Gasteiger partial charge >= 0.3 is 5.69 Å². The van der Waals surface area contributed by atoms with E-state index >= 15 is 0 Å². The molecule has 0 amide bonds. The van der Waals surface area contributed by atoms with Crippen molar-refractivity contribution in [2.24, 2.45) is 0 Å². The quantitative estimate of drug-likeness (QED) is 0.500. The van der Waals surface area contributed by atoms with Gasteiger partial charge < -0.3 is 10.6 Å². The molecule has 0 radical (unpaired) electrons. The summed E-state index contributed by atoms with van der Waals surface area (Å²) in [5.74, 6) is 0.833. The fraction of sp³-hybridized carbons (Fsp3) is 0.312. The minimum absolute atomic E-state index is 0.0173. The van der Waals surface area contributed by atoms with Crippen molar-refractivity contribution < 1.29 is 13.3 Å². The Morgan fingerprint density at radius 1 is 1.29 bits per heavy atom. The lowest BCUT2D eigenvalue weighted by Crippen LogP contribution is -2.32. The second kappa shape index (κ2) is 8.07. The third-order valence-electron chi connectivity index (χ3n) is 4.19. The van der Waals surface area contributed by atoms with E-state index in [1.54, 1.807) is 0 Å². The van der Waals surface area contributed by atoms with Crippen molar-refractivity contribution in [2.75, 3.05) is 22.1 Å². The normalized spacial score (nSPS) is 16.1. The molecule has 1 fully saturated rings. The number of anilines is 3. The molecule has 0 unspecified atom stereocenters. The molecule has 0 atom stereocenters. The molecule has 0 aliphatic carbocycles. The Bertz CT molecular complexity index is 1040. The molecule has 28 heavy (non-hydrogen) atoms. The van der Waals surface area contributed by atoms with Crippen molar-refractivity contribution in [1.82, 2.24) is 9.97 Å². The van der Waals surface area contributed by atoms with Crippen molar-refractivity contribution >= 4 is 48.9 Å². The largest absolute Gasteiger partial charge is 0.366 e. The molecule has 0 bridgehead atoms. The second-order valence-corrected chi connectivity index (χ2v) is 9.34. The number of hydrogen-bond donors (Lipinski definition) is 2. The molecule has 0 spiro atoms. The number of nitrogens with zero attached hydrogens (tertiary/aromatic N) is 4. The lowest BCUT2D eigenvalue weighted by atomic mass is 10.1. The van der Waals surface area contributed by atoms with E-state index in [2.05, 4.69) is 36.5 Å². The van der Waals surface area contributed by atoms with Crippen LogP contribution in [0.3, 0.4) is 0 Å². The summed E-state index contributed by atoms with van der Waals surface area (Å²) in [5, 5.41) is 26.2. The molecule has 10 nitrogen and oxygen atoms in total. The molecule has 2 aromatic rings. The minimum Gasteiger partial charge on any atom is -0.366 e. The molecule has 2 aromatic heterocycles. The molecular formula is C16H15BrN6O4S. The summed E-state index contributed by atoms with van der Waals surface area (Å²) in [6.07, 6.45) is 2.22. The maximum Gasteiger partial charge on any atom is 0.313 e. The van der Waals surface area contributed by atoms with E-state index < -0.39 is 14.8 Å². The summed E-state index contributed by atoms with van der Waals surface area (Å²) in [4.78, 5) is 19.2. The number of nitrogens with one attached hydrogen (secondary N) is 2. The Kier molecular flexibility index (Phi) is 5.76. The van der Waals surface area contributed by atoms with Crippen LogP contribution >= 0.6 is 15.9 Å². The van der Waals surface area contributed by atoms with E-state index in [0.717, 1.165) is 0 Å². The standard InChI is InChI=1S/C16H15BrN6O4S/c17-12-7-13(23(24)25)16(21-14-2-1-10(8-18)9-19-14)22-15(12)20-11-3-5-28(26,27)6-4-11/h1-2,7,9,11H,3-6H2,(H2,19,20,21,22). The molecule has 146 valence electrons. The lowest BCUT2D eigenvalue weighted by Gasteiger charge is -2.24. The smallest absolute Gasteiger partial charge is 0.313 e. The van der Waals surface area contributed by atoms with E-state index in [1.807, 2.05) is 6.07 Å². The average molecular weight is 467 g/mol. The van der Waals surface area contributed by atoms with Crippen molar-refractivity contribution in [3.8, 4) is 6.07 Å². The van der Waals surface area contributed by atoms with E-state index in [1.165, 1.54) is 24.4 Å².